The van der Waals surface area contributed by atoms with Crippen LogP contribution in [0.25, 0.3) is 0 Å². The largest absolute Gasteiger partial charge is 0.496 e. The number of allylic oxidation sites excluding steroid dienone is 1. The lowest BCUT2D eigenvalue weighted by molar-refractivity contribution is -0.165. The van der Waals surface area contributed by atoms with Crippen molar-refractivity contribution in [3.8, 4) is 11.5 Å². The standard InChI is InChI=1S/C25H29ClN2O9/c1-13-18(24(31)37-28-14(2)27)20(26)22-19(21(13)35-11-10-34-17-6-4-5-9-33-17)23(30)25(36-22)8-7-15(29)12-16(25)32-3/h12,17H,4-11H2,1-3H3,(H2,27,28)/t17?,25-/m0/s1. The van der Waals surface area contributed by atoms with Crippen LogP contribution in [0.15, 0.2) is 17.0 Å². The first-order chi connectivity index (χ1) is 17.7. The van der Waals surface area contributed by atoms with Gasteiger partial charge in [0.25, 0.3) is 0 Å². The van der Waals surface area contributed by atoms with Gasteiger partial charge in [-0.15, -0.1) is 0 Å². The molecule has 1 aromatic carbocycles. The van der Waals surface area contributed by atoms with Crippen molar-refractivity contribution in [1.29, 1.82) is 0 Å². The molecule has 2 aliphatic heterocycles. The zero-order chi connectivity index (χ0) is 26.7. The molecule has 11 nitrogen and oxygen atoms in total. The van der Waals surface area contributed by atoms with Crippen molar-refractivity contribution in [3.63, 3.8) is 0 Å². The average Bonchev–Trinajstić information content (AvgIpc) is 3.17. The molecule has 2 N–H and O–H groups in total. The molecule has 3 aliphatic rings. The van der Waals surface area contributed by atoms with Crippen LogP contribution in [0.5, 0.6) is 11.5 Å². The number of rotatable bonds is 8. The van der Waals surface area contributed by atoms with Crippen LogP contribution in [0.3, 0.4) is 0 Å². The van der Waals surface area contributed by atoms with E-state index in [1.165, 1.54) is 20.1 Å². The molecule has 0 saturated carbocycles. The predicted octanol–water partition coefficient (Wildman–Crippen LogP) is 3.23. The van der Waals surface area contributed by atoms with Crippen LogP contribution in [-0.4, -0.2) is 62.2 Å². The molecule has 0 bridgehead atoms. The molecule has 1 aromatic rings. The summed E-state index contributed by atoms with van der Waals surface area (Å²) in [6, 6.07) is 0. The lowest BCUT2D eigenvalue weighted by Crippen LogP contribution is -2.45. The van der Waals surface area contributed by atoms with E-state index >= 15 is 0 Å². The monoisotopic (exact) mass is 536 g/mol. The summed E-state index contributed by atoms with van der Waals surface area (Å²) in [6.45, 7) is 3.88. The minimum atomic E-state index is -1.61. The van der Waals surface area contributed by atoms with Crippen molar-refractivity contribution >= 4 is 35.0 Å². The zero-order valence-corrected chi connectivity index (χ0v) is 21.6. The highest BCUT2D eigenvalue weighted by molar-refractivity contribution is 6.37. The number of ether oxygens (including phenoxy) is 5. The lowest BCUT2D eigenvalue weighted by atomic mass is 9.83. The van der Waals surface area contributed by atoms with E-state index in [1.54, 1.807) is 6.92 Å². The summed E-state index contributed by atoms with van der Waals surface area (Å²) >= 11 is 6.61. The lowest BCUT2D eigenvalue weighted by Gasteiger charge is -2.31. The fourth-order valence-corrected chi connectivity index (χ4v) is 4.92. The summed E-state index contributed by atoms with van der Waals surface area (Å²) in [7, 11) is 1.34. The Balaban J connectivity index is 1.71. The maximum Gasteiger partial charge on any atom is 0.367 e. The molecular weight excluding hydrogens is 508 g/mol. The van der Waals surface area contributed by atoms with Gasteiger partial charge in [-0.2, -0.15) is 0 Å². The minimum Gasteiger partial charge on any atom is -0.496 e. The molecule has 37 heavy (non-hydrogen) atoms. The Hall–Kier alpha value is -3.15. The van der Waals surface area contributed by atoms with Crippen molar-refractivity contribution in [1.82, 2.24) is 0 Å². The van der Waals surface area contributed by atoms with E-state index in [0.717, 1.165) is 19.3 Å². The van der Waals surface area contributed by atoms with Crippen LogP contribution < -0.4 is 15.2 Å². The Kier molecular flexibility index (Phi) is 8.05. The molecule has 0 amide bonds. The number of oxime groups is 1. The van der Waals surface area contributed by atoms with E-state index in [0.29, 0.717) is 6.61 Å². The highest BCUT2D eigenvalue weighted by Crippen LogP contribution is 2.53. The van der Waals surface area contributed by atoms with Crippen LogP contribution in [0, 0.1) is 6.92 Å². The van der Waals surface area contributed by atoms with Gasteiger partial charge in [0, 0.05) is 31.1 Å². The van der Waals surface area contributed by atoms with Gasteiger partial charge in [0.1, 0.15) is 23.8 Å². The van der Waals surface area contributed by atoms with Crippen molar-refractivity contribution in [2.75, 3.05) is 26.9 Å². The van der Waals surface area contributed by atoms with Crippen molar-refractivity contribution in [2.45, 2.75) is 57.8 Å². The number of benzene rings is 1. The number of hydrogen-bond donors (Lipinski definition) is 1. The first kappa shape index (κ1) is 26.9. The maximum atomic E-state index is 13.8. The molecule has 1 aliphatic carbocycles. The second kappa shape index (κ2) is 11.1. The number of methoxy groups -OCH3 is 1. The molecule has 1 unspecified atom stereocenters. The number of ketones is 2. The topological polar surface area (TPSA) is 145 Å². The summed E-state index contributed by atoms with van der Waals surface area (Å²) in [5, 5.41) is 3.35. The van der Waals surface area contributed by atoms with Crippen LogP contribution in [0.2, 0.25) is 5.02 Å². The molecule has 4 rings (SSSR count). The third-order valence-electron chi connectivity index (χ3n) is 6.34. The van der Waals surface area contributed by atoms with Gasteiger partial charge in [0.2, 0.25) is 11.4 Å². The predicted molar refractivity (Wildman–Crippen MR) is 131 cm³/mol. The van der Waals surface area contributed by atoms with Gasteiger partial charge in [-0.3, -0.25) is 9.59 Å². The summed E-state index contributed by atoms with van der Waals surface area (Å²) in [6.07, 6.45) is 3.80. The molecule has 0 radical (unpaired) electrons. The summed E-state index contributed by atoms with van der Waals surface area (Å²) in [5.74, 6) is -1.51. The first-order valence-electron chi connectivity index (χ1n) is 12.0. The highest BCUT2D eigenvalue weighted by Gasteiger charge is 2.56. The van der Waals surface area contributed by atoms with E-state index in [9.17, 15) is 14.4 Å². The summed E-state index contributed by atoms with van der Waals surface area (Å²) in [4.78, 5) is 43.7. The van der Waals surface area contributed by atoms with Gasteiger partial charge in [0.15, 0.2) is 23.6 Å². The van der Waals surface area contributed by atoms with Gasteiger partial charge in [-0.1, -0.05) is 16.8 Å². The number of carbonyl (C=O) groups excluding carboxylic acids is 3. The Morgan fingerprint density at radius 2 is 2.08 bits per heavy atom. The Morgan fingerprint density at radius 1 is 1.30 bits per heavy atom. The van der Waals surface area contributed by atoms with Gasteiger partial charge < -0.3 is 34.3 Å². The molecule has 0 aromatic heterocycles. The molecule has 1 saturated heterocycles. The van der Waals surface area contributed by atoms with Crippen LogP contribution in [0.4, 0.5) is 0 Å². The molecule has 200 valence electrons. The third-order valence-corrected chi connectivity index (χ3v) is 6.70. The smallest absolute Gasteiger partial charge is 0.367 e. The second-order valence-corrected chi connectivity index (χ2v) is 9.29. The normalized spacial score (nSPS) is 23.4. The number of carbonyl (C=O) groups is 3. The van der Waals surface area contributed by atoms with Gasteiger partial charge in [-0.05, 0) is 33.1 Å². The fraction of sp³-hybridized carbons (Fsp3) is 0.520. The summed E-state index contributed by atoms with van der Waals surface area (Å²) in [5.41, 5.74) is 4.07. The van der Waals surface area contributed by atoms with E-state index < -0.39 is 17.4 Å². The van der Waals surface area contributed by atoms with Crippen molar-refractivity contribution < 1.29 is 42.9 Å². The van der Waals surface area contributed by atoms with Crippen molar-refractivity contribution in [3.05, 3.63) is 33.5 Å². The van der Waals surface area contributed by atoms with Crippen molar-refractivity contribution in [2.24, 2.45) is 10.9 Å². The van der Waals surface area contributed by atoms with Crippen LogP contribution in [0.1, 0.15) is 65.3 Å². The van der Waals surface area contributed by atoms with Gasteiger partial charge in [0.05, 0.1) is 24.3 Å². The number of nitrogens with zero attached hydrogens (tertiary/aromatic N) is 1. The minimum absolute atomic E-state index is 0.0222. The number of fused-ring (bicyclic) bond motifs is 1. The van der Waals surface area contributed by atoms with Gasteiger partial charge >= 0.3 is 5.97 Å². The number of halogens is 1. The number of hydrogen-bond acceptors (Lipinski definition) is 10. The fourth-order valence-electron chi connectivity index (χ4n) is 4.57. The molecule has 12 heteroatoms. The molecule has 2 atom stereocenters. The van der Waals surface area contributed by atoms with Gasteiger partial charge in [-0.25, -0.2) is 4.79 Å². The van der Waals surface area contributed by atoms with E-state index in [1.807, 2.05) is 0 Å². The van der Waals surface area contributed by atoms with E-state index in [2.05, 4.69) is 5.16 Å². The Bertz CT molecular complexity index is 1170. The zero-order valence-electron chi connectivity index (χ0n) is 20.9. The second-order valence-electron chi connectivity index (χ2n) is 8.91. The Labute approximate surface area is 218 Å². The number of Topliss-reactive ketones (excluding diaryl/α,β-unsaturated/α-hetero) is 1. The van der Waals surface area contributed by atoms with Crippen LogP contribution in [-0.2, 0) is 23.8 Å². The van der Waals surface area contributed by atoms with E-state index in [-0.39, 0.29) is 82.9 Å². The molecule has 1 fully saturated rings. The molecule has 1 spiro atoms. The molecule has 2 heterocycles. The average molecular weight is 537 g/mol. The first-order valence-corrected chi connectivity index (χ1v) is 12.3. The Morgan fingerprint density at radius 3 is 2.76 bits per heavy atom. The summed E-state index contributed by atoms with van der Waals surface area (Å²) < 4.78 is 28.8. The highest BCUT2D eigenvalue weighted by atomic mass is 35.5. The maximum absolute atomic E-state index is 13.8. The number of amidine groups is 1. The van der Waals surface area contributed by atoms with Crippen LogP contribution >= 0.6 is 11.6 Å². The third kappa shape index (κ3) is 5.16. The number of nitrogens with two attached hydrogens (primary N) is 1. The van der Waals surface area contributed by atoms with E-state index in [4.69, 9.17) is 45.9 Å². The quantitative estimate of drug-likeness (QED) is 0.173. The molecular formula is C25H29ClN2O9. The SMILES string of the molecule is COC1=CC(=O)CC[C@]12Oc1c(Cl)c(C(=O)O/N=C(/C)N)c(C)c(OCCOC3CCCCO3)c1C2=O.